The zero-order valence-corrected chi connectivity index (χ0v) is 11.8. The van der Waals surface area contributed by atoms with E-state index in [-0.39, 0.29) is 17.9 Å². The van der Waals surface area contributed by atoms with E-state index >= 15 is 0 Å². The van der Waals surface area contributed by atoms with Crippen LogP contribution in [0.3, 0.4) is 0 Å². The number of likely N-dealkylation sites (tertiary alicyclic amines) is 1. The van der Waals surface area contributed by atoms with Gasteiger partial charge in [0.05, 0.1) is 25.7 Å². The van der Waals surface area contributed by atoms with Crippen molar-refractivity contribution in [3.63, 3.8) is 0 Å². The van der Waals surface area contributed by atoms with Crippen LogP contribution in [0, 0.1) is 17.8 Å². The summed E-state index contributed by atoms with van der Waals surface area (Å²) in [6.07, 6.45) is 2.13. The van der Waals surface area contributed by atoms with Gasteiger partial charge in [-0.2, -0.15) is 0 Å². The van der Waals surface area contributed by atoms with Crippen LogP contribution in [-0.4, -0.2) is 49.7 Å². The topological polar surface area (TPSA) is 55.8 Å². The van der Waals surface area contributed by atoms with Crippen LogP contribution in [-0.2, 0) is 19.1 Å². The highest BCUT2D eigenvalue weighted by Gasteiger charge is 2.46. The number of ether oxygens (including phenoxy) is 2. The Balaban J connectivity index is 1.90. The Hall–Kier alpha value is -1.10. The standard InChI is InChI=1S/C14H23NO4/c1-3-18-12(16)9-15-7-10-5-6-11(8-15)13(10)14(17)19-4-2/h10-11,13H,3-9H2,1-2H3/t10-,11+,13?. The molecule has 0 spiro atoms. The van der Waals surface area contributed by atoms with Crippen molar-refractivity contribution < 1.29 is 19.1 Å². The van der Waals surface area contributed by atoms with Crippen molar-refractivity contribution in [1.29, 1.82) is 0 Å². The second kappa shape index (κ2) is 6.37. The predicted octanol–water partition coefficient (Wildman–Crippen LogP) is 1.07. The van der Waals surface area contributed by atoms with Crippen molar-refractivity contribution in [2.24, 2.45) is 17.8 Å². The molecule has 0 aromatic carbocycles. The van der Waals surface area contributed by atoms with E-state index < -0.39 is 0 Å². The van der Waals surface area contributed by atoms with E-state index in [2.05, 4.69) is 4.90 Å². The number of carbonyl (C=O) groups is 2. The minimum Gasteiger partial charge on any atom is -0.466 e. The number of fused-ring (bicyclic) bond motifs is 2. The fraction of sp³-hybridized carbons (Fsp3) is 0.857. The van der Waals surface area contributed by atoms with Crippen LogP contribution < -0.4 is 0 Å². The maximum atomic E-state index is 12.0. The summed E-state index contributed by atoms with van der Waals surface area (Å²) in [5.41, 5.74) is 0. The van der Waals surface area contributed by atoms with Gasteiger partial charge in [-0.05, 0) is 38.5 Å². The molecule has 2 bridgehead atoms. The monoisotopic (exact) mass is 269 g/mol. The Morgan fingerprint density at radius 1 is 1.05 bits per heavy atom. The second-order valence-corrected chi connectivity index (χ2v) is 5.37. The van der Waals surface area contributed by atoms with Crippen molar-refractivity contribution in [1.82, 2.24) is 4.90 Å². The lowest BCUT2D eigenvalue weighted by Gasteiger charge is -2.36. The normalized spacial score (nSPS) is 30.1. The molecule has 1 aliphatic heterocycles. The average Bonchev–Trinajstić information content (AvgIpc) is 2.62. The molecule has 19 heavy (non-hydrogen) atoms. The Labute approximate surface area is 114 Å². The van der Waals surface area contributed by atoms with Gasteiger partial charge in [-0.15, -0.1) is 0 Å². The van der Waals surface area contributed by atoms with Crippen LogP contribution in [0.5, 0.6) is 0 Å². The Morgan fingerprint density at radius 3 is 2.16 bits per heavy atom. The molecular formula is C14H23NO4. The molecule has 1 saturated carbocycles. The molecule has 2 fully saturated rings. The summed E-state index contributed by atoms with van der Waals surface area (Å²) >= 11 is 0. The lowest BCUT2D eigenvalue weighted by molar-refractivity contribution is -0.153. The molecule has 2 rings (SSSR count). The molecule has 1 saturated heterocycles. The van der Waals surface area contributed by atoms with Crippen molar-refractivity contribution >= 4 is 11.9 Å². The zero-order valence-electron chi connectivity index (χ0n) is 11.8. The third-order valence-corrected chi connectivity index (χ3v) is 4.13. The summed E-state index contributed by atoms with van der Waals surface area (Å²) in [5, 5.41) is 0. The second-order valence-electron chi connectivity index (χ2n) is 5.37. The highest BCUT2D eigenvalue weighted by atomic mass is 16.5. The summed E-state index contributed by atoms with van der Waals surface area (Å²) in [5.74, 6) is 0.500. The molecule has 0 amide bonds. The highest BCUT2D eigenvalue weighted by Crippen LogP contribution is 2.42. The fourth-order valence-corrected chi connectivity index (χ4v) is 3.46. The largest absolute Gasteiger partial charge is 0.466 e. The Bertz CT molecular complexity index is 330. The number of hydrogen-bond donors (Lipinski definition) is 0. The Kier molecular flexibility index (Phi) is 4.80. The SMILES string of the molecule is CCOC(=O)CN1C[C@H]2CC[C@@H](C1)C2C(=O)OCC. The zero-order chi connectivity index (χ0) is 13.8. The summed E-state index contributed by atoms with van der Waals surface area (Å²) in [6, 6.07) is 0. The number of esters is 2. The molecule has 108 valence electrons. The van der Waals surface area contributed by atoms with Gasteiger partial charge in [0.1, 0.15) is 0 Å². The first-order valence-electron chi connectivity index (χ1n) is 7.20. The van der Waals surface area contributed by atoms with Crippen molar-refractivity contribution in [3.8, 4) is 0 Å². The van der Waals surface area contributed by atoms with Gasteiger partial charge in [0, 0.05) is 13.1 Å². The molecule has 1 heterocycles. The van der Waals surface area contributed by atoms with E-state index in [1.54, 1.807) is 0 Å². The number of hydrogen-bond acceptors (Lipinski definition) is 5. The van der Waals surface area contributed by atoms with E-state index in [9.17, 15) is 9.59 Å². The highest BCUT2D eigenvalue weighted by molar-refractivity contribution is 5.74. The predicted molar refractivity (Wildman–Crippen MR) is 69.4 cm³/mol. The minimum atomic E-state index is -0.170. The van der Waals surface area contributed by atoms with Crippen molar-refractivity contribution in [2.45, 2.75) is 26.7 Å². The minimum absolute atomic E-state index is 0.0402. The van der Waals surface area contributed by atoms with Gasteiger partial charge < -0.3 is 9.47 Å². The maximum Gasteiger partial charge on any atom is 0.320 e. The third kappa shape index (κ3) is 3.26. The summed E-state index contributed by atoms with van der Waals surface area (Å²) in [7, 11) is 0. The average molecular weight is 269 g/mol. The van der Waals surface area contributed by atoms with Crippen LogP contribution in [0.4, 0.5) is 0 Å². The molecule has 1 aliphatic carbocycles. The molecule has 0 aromatic heterocycles. The molecule has 5 nitrogen and oxygen atoms in total. The van der Waals surface area contributed by atoms with Crippen molar-refractivity contribution in [2.75, 3.05) is 32.8 Å². The van der Waals surface area contributed by atoms with Gasteiger partial charge in [0.25, 0.3) is 0 Å². The summed E-state index contributed by atoms with van der Waals surface area (Å²) < 4.78 is 10.1. The first-order valence-corrected chi connectivity index (χ1v) is 7.20. The summed E-state index contributed by atoms with van der Waals surface area (Å²) in [4.78, 5) is 25.6. The van der Waals surface area contributed by atoms with Gasteiger partial charge in [-0.1, -0.05) is 0 Å². The first-order chi connectivity index (χ1) is 9.15. The molecule has 0 radical (unpaired) electrons. The van der Waals surface area contributed by atoms with Crippen LogP contribution in [0.1, 0.15) is 26.7 Å². The number of piperidine rings is 1. The van der Waals surface area contributed by atoms with Gasteiger partial charge in [-0.25, -0.2) is 0 Å². The number of nitrogens with zero attached hydrogens (tertiary/aromatic N) is 1. The van der Waals surface area contributed by atoms with Gasteiger partial charge in [0.2, 0.25) is 0 Å². The van der Waals surface area contributed by atoms with E-state index in [1.165, 1.54) is 0 Å². The quantitative estimate of drug-likeness (QED) is 0.699. The van der Waals surface area contributed by atoms with Gasteiger partial charge in [0.15, 0.2) is 0 Å². The van der Waals surface area contributed by atoms with Crippen LogP contribution >= 0.6 is 0 Å². The van der Waals surface area contributed by atoms with Crippen molar-refractivity contribution in [3.05, 3.63) is 0 Å². The van der Waals surface area contributed by atoms with E-state index in [0.29, 0.717) is 31.6 Å². The van der Waals surface area contributed by atoms with Crippen LogP contribution in [0.15, 0.2) is 0 Å². The molecule has 0 aromatic rings. The molecule has 5 heteroatoms. The first kappa shape index (κ1) is 14.3. The maximum absolute atomic E-state index is 12.0. The van der Waals surface area contributed by atoms with E-state index in [4.69, 9.17) is 9.47 Å². The van der Waals surface area contributed by atoms with Crippen LogP contribution in [0.2, 0.25) is 0 Å². The van der Waals surface area contributed by atoms with E-state index in [1.807, 2.05) is 13.8 Å². The van der Waals surface area contributed by atoms with E-state index in [0.717, 1.165) is 25.9 Å². The molecule has 1 unspecified atom stereocenters. The molecule has 2 aliphatic rings. The molecule has 0 N–H and O–H groups in total. The smallest absolute Gasteiger partial charge is 0.320 e. The fourth-order valence-electron chi connectivity index (χ4n) is 3.46. The third-order valence-electron chi connectivity index (χ3n) is 4.13. The summed E-state index contributed by atoms with van der Waals surface area (Å²) in [6.45, 7) is 6.48. The molecular weight excluding hydrogens is 246 g/mol. The van der Waals surface area contributed by atoms with Gasteiger partial charge in [-0.3, -0.25) is 14.5 Å². The molecule has 3 atom stereocenters. The lowest BCUT2D eigenvalue weighted by atomic mass is 9.85. The van der Waals surface area contributed by atoms with Gasteiger partial charge >= 0.3 is 11.9 Å². The van der Waals surface area contributed by atoms with Crippen LogP contribution in [0.25, 0.3) is 0 Å². The number of rotatable bonds is 5. The Morgan fingerprint density at radius 2 is 1.63 bits per heavy atom. The number of carbonyl (C=O) groups excluding carboxylic acids is 2. The lowest BCUT2D eigenvalue weighted by Crippen LogP contribution is -2.47.